The van der Waals surface area contributed by atoms with Crippen molar-refractivity contribution in [3.05, 3.63) is 29.8 Å². The lowest BCUT2D eigenvalue weighted by Gasteiger charge is -2.01. The summed E-state index contributed by atoms with van der Waals surface area (Å²) >= 11 is 7.38. The molecular formula is C9H7NO2S3. The quantitative estimate of drug-likeness (QED) is 0.366. The van der Waals surface area contributed by atoms with Crippen molar-refractivity contribution in [2.24, 2.45) is 4.40 Å². The Labute approximate surface area is 99.5 Å². The molecule has 0 amide bonds. The summed E-state index contributed by atoms with van der Waals surface area (Å²) in [5.74, 6) is 2.28. The summed E-state index contributed by atoms with van der Waals surface area (Å²) in [6.07, 6.45) is 5.18. The average Bonchev–Trinajstić information content (AvgIpc) is 2.16. The summed E-state index contributed by atoms with van der Waals surface area (Å²) in [6, 6.07) is 6.14. The summed E-state index contributed by atoms with van der Waals surface area (Å²) in [7, 11) is -3.81. The van der Waals surface area contributed by atoms with Gasteiger partial charge in [0.2, 0.25) is 0 Å². The van der Waals surface area contributed by atoms with Crippen LogP contribution in [-0.2, 0) is 10.0 Å². The highest BCUT2D eigenvalue weighted by molar-refractivity contribution is 8.24. The average molecular weight is 257 g/mol. The van der Waals surface area contributed by atoms with E-state index in [-0.39, 0.29) is 14.8 Å². The lowest BCUT2D eigenvalue weighted by Crippen LogP contribution is -2.00. The topological polar surface area (TPSA) is 46.5 Å². The molecule has 0 N–H and O–H groups in total. The summed E-state index contributed by atoms with van der Waals surface area (Å²) in [5, 5.41) is 0. The minimum Gasteiger partial charge on any atom is -0.199 e. The summed E-state index contributed by atoms with van der Waals surface area (Å²) < 4.78 is 26.5. The van der Waals surface area contributed by atoms with Crippen LogP contribution in [0.25, 0.3) is 0 Å². The fourth-order valence-corrected chi connectivity index (χ4v) is 2.58. The van der Waals surface area contributed by atoms with E-state index in [2.05, 4.69) is 35.6 Å². The Morgan fingerprint density at radius 1 is 1.33 bits per heavy atom. The van der Waals surface area contributed by atoms with Crippen molar-refractivity contribution in [1.82, 2.24) is 0 Å². The number of nitrogens with zero attached hydrogens (tertiary/aromatic N) is 1. The molecule has 0 bridgehead atoms. The van der Waals surface area contributed by atoms with Crippen LogP contribution in [-0.4, -0.2) is 12.8 Å². The van der Waals surface area contributed by atoms with E-state index < -0.39 is 10.0 Å². The van der Waals surface area contributed by atoms with E-state index >= 15 is 0 Å². The predicted octanol–water partition coefficient (Wildman–Crippen LogP) is 1.57. The van der Waals surface area contributed by atoms with Gasteiger partial charge in [0.15, 0.2) is 0 Å². The number of hydrogen-bond donors (Lipinski definition) is 2. The number of benzene rings is 1. The highest BCUT2D eigenvalue weighted by Gasteiger charge is 2.16. The zero-order chi connectivity index (χ0) is 11.5. The first-order valence-electron chi connectivity index (χ1n) is 3.76. The second kappa shape index (κ2) is 4.75. The van der Waals surface area contributed by atoms with E-state index in [4.69, 9.17) is 6.42 Å². The summed E-state index contributed by atoms with van der Waals surface area (Å²) in [4.78, 5) is -0.0203. The van der Waals surface area contributed by atoms with E-state index in [0.29, 0.717) is 0 Å². The van der Waals surface area contributed by atoms with Gasteiger partial charge in [-0.05, 0) is 12.1 Å². The first-order valence-corrected chi connectivity index (χ1v) is 6.09. The third-order valence-electron chi connectivity index (χ3n) is 1.52. The Hall–Kier alpha value is -0.900. The van der Waals surface area contributed by atoms with Crippen LogP contribution in [0, 0.1) is 12.3 Å². The molecule has 0 atom stereocenters. The second-order valence-electron chi connectivity index (χ2n) is 2.51. The fraction of sp³-hybridized carbons (Fsp3) is 0. The van der Waals surface area contributed by atoms with Crippen LogP contribution in [0.15, 0.2) is 33.6 Å². The third kappa shape index (κ3) is 3.02. The van der Waals surface area contributed by atoms with E-state index in [9.17, 15) is 8.42 Å². The van der Waals surface area contributed by atoms with Gasteiger partial charge in [0, 0.05) is 5.56 Å². The molecule has 0 aliphatic heterocycles. The normalized spacial score (nSPS) is 10.5. The molecule has 0 aliphatic carbocycles. The Bertz CT molecular complexity index is 537. The molecule has 0 spiro atoms. The van der Waals surface area contributed by atoms with Gasteiger partial charge < -0.3 is 0 Å². The third-order valence-corrected chi connectivity index (χ3v) is 3.33. The van der Waals surface area contributed by atoms with Crippen LogP contribution in [0.5, 0.6) is 0 Å². The highest BCUT2D eigenvalue weighted by atomic mass is 32.2. The van der Waals surface area contributed by atoms with Gasteiger partial charge in [-0.25, -0.2) is 0 Å². The van der Waals surface area contributed by atoms with Crippen molar-refractivity contribution in [3.8, 4) is 12.3 Å². The van der Waals surface area contributed by atoms with Crippen LogP contribution in [0.3, 0.4) is 0 Å². The molecule has 1 rings (SSSR count). The first-order chi connectivity index (χ1) is 6.97. The molecule has 0 fully saturated rings. The van der Waals surface area contributed by atoms with Crippen LogP contribution < -0.4 is 0 Å². The molecule has 0 aliphatic rings. The molecule has 78 valence electrons. The van der Waals surface area contributed by atoms with Crippen LogP contribution in [0.4, 0.5) is 0 Å². The van der Waals surface area contributed by atoms with E-state index in [0.717, 1.165) is 0 Å². The lowest BCUT2D eigenvalue weighted by atomic mass is 10.2. The summed E-state index contributed by atoms with van der Waals surface area (Å²) in [5.41, 5.74) is 0.268. The molecule has 0 heterocycles. The Morgan fingerprint density at radius 2 is 1.93 bits per heavy atom. The van der Waals surface area contributed by atoms with E-state index in [1.807, 2.05) is 0 Å². The van der Waals surface area contributed by atoms with Gasteiger partial charge in [0.25, 0.3) is 10.0 Å². The molecule has 0 saturated carbocycles. The van der Waals surface area contributed by atoms with Gasteiger partial charge >= 0.3 is 0 Å². The molecule has 0 radical (unpaired) electrons. The number of terminal acetylenes is 1. The Kier molecular flexibility index (Phi) is 3.85. The zero-order valence-electron chi connectivity index (χ0n) is 7.45. The van der Waals surface area contributed by atoms with E-state index in [1.165, 1.54) is 12.1 Å². The minimum atomic E-state index is -3.81. The zero-order valence-corrected chi connectivity index (χ0v) is 10.1. The molecule has 0 unspecified atom stereocenters. The number of hydrogen-bond acceptors (Lipinski definition) is 2. The van der Waals surface area contributed by atoms with Crippen LogP contribution >= 0.6 is 25.3 Å². The fourth-order valence-electron chi connectivity index (χ4n) is 0.967. The van der Waals surface area contributed by atoms with Crippen molar-refractivity contribution in [2.45, 2.75) is 4.90 Å². The molecule has 1 aromatic carbocycles. The van der Waals surface area contributed by atoms with Gasteiger partial charge in [0.1, 0.15) is 9.27 Å². The predicted molar refractivity (Wildman–Crippen MR) is 67.0 cm³/mol. The van der Waals surface area contributed by atoms with Crippen molar-refractivity contribution < 1.29 is 8.42 Å². The standard InChI is InChI=1S/C9H7NO2S3/c1-2-7-5-3-4-6-8(7)15(11,12)10-9(13)14/h1,3-6H,(H2,10,13,14). The van der Waals surface area contributed by atoms with Crippen LogP contribution in [0.2, 0.25) is 0 Å². The van der Waals surface area contributed by atoms with Gasteiger partial charge in [-0.2, -0.15) is 8.42 Å². The number of thiol groups is 2. The Morgan fingerprint density at radius 3 is 2.47 bits per heavy atom. The van der Waals surface area contributed by atoms with Crippen molar-refractivity contribution in [1.29, 1.82) is 0 Å². The first kappa shape index (κ1) is 12.2. The SMILES string of the molecule is C#Cc1ccccc1S(=O)(=O)N=C(S)S. The van der Waals surface area contributed by atoms with Crippen LogP contribution in [0.1, 0.15) is 5.56 Å². The number of rotatable bonds is 2. The smallest absolute Gasteiger partial charge is 0.199 e. The molecule has 1 aromatic rings. The molecule has 3 nitrogen and oxygen atoms in total. The van der Waals surface area contributed by atoms with E-state index in [1.54, 1.807) is 12.1 Å². The maximum Gasteiger partial charge on any atom is 0.285 e. The largest absolute Gasteiger partial charge is 0.285 e. The number of sulfonamides is 1. The molecule has 0 aromatic heterocycles. The Balaban J connectivity index is 3.42. The maximum atomic E-state index is 11.6. The van der Waals surface area contributed by atoms with Crippen molar-refractivity contribution >= 4 is 39.7 Å². The van der Waals surface area contributed by atoms with Crippen molar-refractivity contribution in [3.63, 3.8) is 0 Å². The second-order valence-corrected chi connectivity index (χ2v) is 5.28. The molecular weight excluding hydrogens is 250 g/mol. The summed E-state index contributed by atoms with van der Waals surface area (Å²) in [6.45, 7) is 0. The molecule has 0 saturated heterocycles. The highest BCUT2D eigenvalue weighted by Crippen LogP contribution is 2.17. The van der Waals surface area contributed by atoms with Crippen molar-refractivity contribution in [2.75, 3.05) is 0 Å². The monoisotopic (exact) mass is 257 g/mol. The maximum absolute atomic E-state index is 11.6. The lowest BCUT2D eigenvalue weighted by molar-refractivity contribution is 0.598. The molecule has 6 heteroatoms. The van der Waals surface area contributed by atoms with Gasteiger partial charge in [-0.15, -0.1) is 36.1 Å². The minimum absolute atomic E-state index is 0.0203. The molecule has 15 heavy (non-hydrogen) atoms. The van der Waals surface area contributed by atoms with Gasteiger partial charge in [-0.3, -0.25) is 0 Å². The van der Waals surface area contributed by atoms with Gasteiger partial charge in [-0.1, -0.05) is 18.1 Å². The van der Waals surface area contributed by atoms with Gasteiger partial charge in [0.05, 0.1) is 0 Å².